The molecule has 1 fully saturated rings. The highest BCUT2D eigenvalue weighted by molar-refractivity contribution is 6.02. The molecule has 160 valence electrons. The van der Waals surface area contributed by atoms with Crippen LogP contribution in [-0.2, 0) is 19.1 Å². The third-order valence-corrected chi connectivity index (χ3v) is 4.63. The number of nitrogens with zero attached hydrogens (tertiary/aromatic N) is 1. The molecule has 1 aliphatic rings. The molecule has 0 radical (unpaired) electrons. The lowest BCUT2D eigenvalue weighted by Crippen LogP contribution is -2.50. The van der Waals surface area contributed by atoms with Crippen LogP contribution < -0.4 is 15.8 Å². The molecule has 0 spiro atoms. The number of ketones is 1. The number of esters is 1. The predicted octanol–water partition coefficient (Wildman–Crippen LogP) is 2.23. The minimum absolute atomic E-state index is 0.0850. The van der Waals surface area contributed by atoms with Gasteiger partial charge >= 0.3 is 5.97 Å². The minimum Gasteiger partial charge on any atom is -0.449 e. The van der Waals surface area contributed by atoms with Crippen molar-refractivity contribution in [1.82, 2.24) is 5.43 Å². The first-order valence-corrected chi connectivity index (χ1v) is 9.60. The van der Waals surface area contributed by atoms with Crippen LogP contribution in [0.15, 0.2) is 48.5 Å². The number of carbonyl (C=O) groups excluding carboxylic acids is 5. The highest BCUT2D eigenvalue weighted by atomic mass is 16.5. The molecule has 1 saturated heterocycles. The summed E-state index contributed by atoms with van der Waals surface area (Å²) in [6, 6.07) is 12.2. The summed E-state index contributed by atoms with van der Waals surface area (Å²) in [7, 11) is 0. The predicted molar refractivity (Wildman–Crippen MR) is 111 cm³/mol. The first-order chi connectivity index (χ1) is 14.7. The van der Waals surface area contributed by atoms with E-state index in [-0.39, 0.29) is 36.0 Å². The highest BCUT2D eigenvalue weighted by Crippen LogP contribution is 2.18. The second kappa shape index (κ2) is 9.21. The van der Waals surface area contributed by atoms with Gasteiger partial charge in [0, 0.05) is 24.1 Å². The molecule has 9 nitrogen and oxygen atoms in total. The summed E-state index contributed by atoms with van der Waals surface area (Å²) in [6.45, 7) is 2.88. The summed E-state index contributed by atoms with van der Waals surface area (Å²) in [5.41, 5.74) is 4.05. The Morgan fingerprint density at radius 1 is 0.968 bits per heavy atom. The number of anilines is 2. The monoisotopic (exact) mass is 423 g/mol. The van der Waals surface area contributed by atoms with E-state index in [0.29, 0.717) is 16.9 Å². The molecule has 1 atom stereocenters. The van der Waals surface area contributed by atoms with E-state index in [1.54, 1.807) is 24.3 Å². The van der Waals surface area contributed by atoms with E-state index >= 15 is 0 Å². The molecular formula is C22H21N3O6. The van der Waals surface area contributed by atoms with E-state index in [0.717, 1.165) is 5.01 Å². The molecule has 1 heterocycles. The number of Topliss-reactive ketones (excluding diaryl/α,β-unsaturated/α-hetero) is 1. The first kappa shape index (κ1) is 21.7. The Hall–Kier alpha value is -4.01. The number of nitrogens with one attached hydrogen (secondary N) is 2. The number of hydrazine groups is 1. The van der Waals surface area contributed by atoms with E-state index in [2.05, 4.69) is 10.7 Å². The van der Waals surface area contributed by atoms with Crippen molar-refractivity contribution in [2.45, 2.75) is 32.8 Å². The summed E-state index contributed by atoms with van der Waals surface area (Å²) in [6.07, 6.45) is -0.817. The molecular weight excluding hydrogens is 402 g/mol. The van der Waals surface area contributed by atoms with Crippen LogP contribution in [-0.4, -0.2) is 35.6 Å². The number of amides is 3. The number of carbonyl (C=O) groups is 5. The van der Waals surface area contributed by atoms with Crippen molar-refractivity contribution in [2.24, 2.45) is 0 Å². The van der Waals surface area contributed by atoms with Crippen molar-refractivity contribution >= 4 is 40.8 Å². The number of hydrogen-bond acceptors (Lipinski definition) is 6. The van der Waals surface area contributed by atoms with E-state index in [4.69, 9.17) is 4.74 Å². The molecule has 1 unspecified atom stereocenters. The summed E-state index contributed by atoms with van der Waals surface area (Å²) in [5.74, 6) is -1.84. The van der Waals surface area contributed by atoms with Crippen LogP contribution in [0.3, 0.4) is 0 Å². The molecule has 31 heavy (non-hydrogen) atoms. The zero-order valence-electron chi connectivity index (χ0n) is 17.0. The van der Waals surface area contributed by atoms with Crippen LogP contribution in [0, 0.1) is 0 Å². The first-order valence-electron chi connectivity index (χ1n) is 9.60. The van der Waals surface area contributed by atoms with Crippen LogP contribution in [0.2, 0.25) is 0 Å². The average Bonchev–Trinajstić information content (AvgIpc) is 2.75. The van der Waals surface area contributed by atoms with E-state index < -0.39 is 18.0 Å². The van der Waals surface area contributed by atoms with E-state index in [1.807, 2.05) is 0 Å². The van der Waals surface area contributed by atoms with Gasteiger partial charge in [-0.2, -0.15) is 0 Å². The molecule has 2 aromatic carbocycles. The normalized spacial score (nSPS) is 14.5. The molecule has 0 bridgehead atoms. The van der Waals surface area contributed by atoms with Crippen LogP contribution in [0.1, 0.15) is 47.4 Å². The van der Waals surface area contributed by atoms with Crippen molar-refractivity contribution < 1.29 is 28.7 Å². The summed E-state index contributed by atoms with van der Waals surface area (Å²) in [4.78, 5) is 59.4. The maximum Gasteiger partial charge on any atom is 0.338 e. The second-order valence-corrected chi connectivity index (χ2v) is 6.98. The Morgan fingerprint density at radius 2 is 1.58 bits per heavy atom. The van der Waals surface area contributed by atoms with Gasteiger partial charge in [-0.15, -0.1) is 0 Å². The lowest BCUT2D eigenvalue weighted by molar-refractivity contribution is -0.130. The van der Waals surface area contributed by atoms with Crippen molar-refractivity contribution in [2.75, 3.05) is 10.3 Å². The number of rotatable bonds is 6. The summed E-state index contributed by atoms with van der Waals surface area (Å²) in [5, 5.41) is 3.75. The Bertz CT molecular complexity index is 1030. The van der Waals surface area contributed by atoms with Crippen LogP contribution in [0.5, 0.6) is 0 Å². The van der Waals surface area contributed by atoms with Gasteiger partial charge in [-0.1, -0.05) is 0 Å². The Morgan fingerprint density at radius 3 is 2.19 bits per heavy atom. The number of hydrogen-bond donors (Lipinski definition) is 2. The fraction of sp³-hybridized carbons (Fsp3) is 0.227. The van der Waals surface area contributed by atoms with E-state index in [9.17, 15) is 24.0 Å². The van der Waals surface area contributed by atoms with Crippen LogP contribution in [0.4, 0.5) is 11.4 Å². The van der Waals surface area contributed by atoms with Crippen molar-refractivity contribution in [3.8, 4) is 0 Å². The third kappa shape index (κ3) is 5.33. The van der Waals surface area contributed by atoms with Crippen molar-refractivity contribution in [3.63, 3.8) is 0 Å². The Labute approximate surface area is 178 Å². The van der Waals surface area contributed by atoms with Gasteiger partial charge in [0.1, 0.15) is 0 Å². The minimum atomic E-state index is -1.07. The molecule has 2 N–H and O–H groups in total. The van der Waals surface area contributed by atoms with Gasteiger partial charge < -0.3 is 10.1 Å². The van der Waals surface area contributed by atoms with Gasteiger partial charge in [0.25, 0.3) is 5.91 Å². The van der Waals surface area contributed by atoms with Gasteiger partial charge in [0.15, 0.2) is 11.9 Å². The lowest BCUT2D eigenvalue weighted by atomic mass is 10.1. The largest absolute Gasteiger partial charge is 0.449 e. The topological polar surface area (TPSA) is 122 Å². The Kier molecular flexibility index (Phi) is 6.44. The molecule has 3 amide bonds. The number of ether oxygens (including phenoxy) is 1. The van der Waals surface area contributed by atoms with Crippen molar-refractivity contribution in [1.29, 1.82) is 0 Å². The van der Waals surface area contributed by atoms with Gasteiger partial charge in [0.2, 0.25) is 11.8 Å². The third-order valence-electron chi connectivity index (χ3n) is 4.63. The van der Waals surface area contributed by atoms with Gasteiger partial charge in [-0.3, -0.25) is 24.6 Å². The zero-order valence-corrected chi connectivity index (χ0v) is 17.0. The van der Waals surface area contributed by atoms with Crippen molar-refractivity contribution in [3.05, 3.63) is 59.7 Å². The smallest absolute Gasteiger partial charge is 0.338 e. The van der Waals surface area contributed by atoms with Crippen LogP contribution in [0.25, 0.3) is 0 Å². The maximum absolute atomic E-state index is 12.3. The zero-order chi connectivity index (χ0) is 22.5. The lowest BCUT2D eigenvalue weighted by Gasteiger charge is -2.27. The molecule has 1 aliphatic heterocycles. The number of benzene rings is 2. The van der Waals surface area contributed by atoms with Gasteiger partial charge in [-0.25, -0.2) is 9.80 Å². The molecule has 2 aromatic rings. The van der Waals surface area contributed by atoms with Crippen LogP contribution >= 0.6 is 0 Å². The molecule has 0 aliphatic carbocycles. The Balaban J connectivity index is 1.58. The molecule has 3 rings (SSSR count). The van der Waals surface area contributed by atoms with E-state index in [1.165, 1.54) is 38.1 Å². The summed E-state index contributed by atoms with van der Waals surface area (Å²) >= 11 is 0. The fourth-order valence-electron chi connectivity index (χ4n) is 2.84. The second-order valence-electron chi connectivity index (χ2n) is 6.98. The molecule has 9 heteroatoms. The maximum atomic E-state index is 12.3. The summed E-state index contributed by atoms with van der Waals surface area (Å²) < 4.78 is 5.20. The standard InChI is InChI=1S/C22H21N3O6/c1-13(26)15-3-7-17(8-4-15)23-21(29)14(2)31-22(30)16-5-9-18(10-6-16)25-20(28)12-11-19(27)24-25/h3-10,14H,11-12H2,1-2H3,(H,23,29)(H,24,27). The molecule has 0 saturated carbocycles. The molecule has 0 aromatic heterocycles. The van der Waals surface area contributed by atoms with Gasteiger partial charge in [0.05, 0.1) is 11.3 Å². The fourth-order valence-corrected chi connectivity index (χ4v) is 2.84. The SMILES string of the molecule is CC(=O)c1ccc(NC(=O)C(C)OC(=O)c2ccc(N3NC(=O)CCC3=O)cc2)cc1. The highest BCUT2D eigenvalue weighted by Gasteiger charge is 2.25. The van der Waals surface area contributed by atoms with Gasteiger partial charge in [-0.05, 0) is 62.4 Å². The quantitative estimate of drug-likeness (QED) is 0.543. The average molecular weight is 423 g/mol.